The molecule has 0 aliphatic heterocycles. The van der Waals surface area contributed by atoms with Gasteiger partial charge in [-0.15, -0.1) is 0 Å². The van der Waals surface area contributed by atoms with E-state index in [2.05, 4.69) is 24.1 Å². The minimum atomic E-state index is -0.118. The maximum Gasteiger partial charge on any atom is 0.272 e. The molecule has 0 bridgehead atoms. The molecule has 0 radical (unpaired) electrons. The minimum Gasteiger partial charge on any atom is -0.395 e. The number of anilines is 1. The van der Waals surface area contributed by atoms with Crippen LogP contribution in [0.5, 0.6) is 0 Å². The zero-order valence-electron chi connectivity index (χ0n) is 12.4. The number of hydrogen-bond donors (Lipinski definition) is 2. The van der Waals surface area contributed by atoms with Crippen LogP contribution in [0.4, 0.5) is 5.82 Å². The van der Waals surface area contributed by atoms with Crippen LogP contribution in [0, 0.1) is 0 Å². The third-order valence-electron chi connectivity index (χ3n) is 2.96. The zero-order chi connectivity index (χ0) is 14.8. The average Bonchev–Trinajstić information content (AvgIpc) is 2.49. The number of rotatable bonds is 9. The van der Waals surface area contributed by atoms with Crippen LogP contribution in [-0.4, -0.2) is 47.1 Å². The Morgan fingerprint density at radius 2 is 2.10 bits per heavy atom. The summed E-state index contributed by atoms with van der Waals surface area (Å²) in [5.74, 6) is 0.602. The number of unbranched alkanes of at least 4 members (excludes halogenated alkanes) is 1. The van der Waals surface area contributed by atoms with Gasteiger partial charge in [0.2, 0.25) is 0 Å². The number of pyridine rings is 1. The summed E-state index contributed by atoms with van der Waals surface area (Å²) in [7, 11) is 0. The monoisotopic (exact) mass is 279 g/mol. The molecule has 0 spiro atoms. The molecule has 2 N–H and O–H groups in total. The lowest BCUT2D eigenvalue weighted by atomic mass is 10.2. The van der Waals surface area contributed by atoms with Gasteiger partial charge >= 0.3 is 0 Å². The number of aromatic nitrogens is 1. The fraction of sp³-hybridized carbons (Fsp3) is 0.600. The molecule has 1 rings (SSSR count). The highest BCUT2D eigenvalue weighted by atomic mass is 16.3. The van der Waals surface area contributed by atoms with Crippen molar-refractivity contribution in [1.29, 1.82) is 0 Å². The number of carbonyl (C=O) groups excluding carboxylic acids is 1. The maximum atomic E-state index is 12.4. The number of nitrogens with zero attached hydrogens (tertiary/aromatic N) is 2. The van der Waals surface area contributed by atoms with Crippen molar-refractivity contribution < 1.29 is 9.90 Å². The predicted molar refractivity (Wildman–Crippen MR) is 80.9 cm³/mol. The molecule has 1 aromatic rings. The Morgan fingerprint density at radius 3 is 2.75 bits per heavy atom. The van der Waals surface area contributed by atoms with Gasteiger partial charge in [-0.2, -0.15) is 0 Å². The SMILES string of the molecule is CCCCN(CCO)C(=O)c1cccc(NCCC)n1. The summed E-state index contributed by atoms with van der Waals surface area (Å²) in [6.07, 6.45) is 2.95. The fourth-order valence-corrected chi connectivity index (χ4v) is 1.85. The van der Waals surface area contributed by atoms with Crippen molar-refractivity contribution >= 4 is 11.7 Å². The molecule has 0 unspecified atom stereocenters. The summed E-state index contributed by atoms with van der Waals surface area (Å²) < 4.78 is 0. The van der Waals surface area contributed by atoms with Crippen LogP contribution in [0.15, 0.2) is 18.2 Å². The van der Waals surface area contributed by atoms with Gasteiger partial charge in [0, 0.05) is 19.6 Å². The average molecular weight is 279 g/mol. The van der Waals surface area contributed by atoms with Gasteiger partial charge in [-0.1, -0.05) is 26.3 Å². The smallest absolute Gasteiger partial charge is 0.272 e. The highest BCUT2D eigenvalue weighted by molar-refractivity contribution is 5.92. The van der Waals surface area contributed by atoms with E-state index in [4.69, 9.17) is 5.11 Å². The van der Waals surface area contributed by atoms with E-state index in [0.29, 0.717) is 18.8 Å². The second kappa shape index (κ2) is 9.31. The summed E-state index contributed by atoms with van der Waals surface area (Å²) >= 11 is 0. The first-order valence-electron chi connectivity index (χ1n) is 7.34. The van der Waals surface area contributed by atoms with E-state index in [0.717, 1.165) is 31.6 Å². The van der Waals surface area contributed by atoms with Crippen LogP contribution in [0.1, 0.15) is 43.6 Å². The van der Waals surface area contributed by atoms with E-state index in [1.165, 1.54) is 0 Å². The molecule has 112 valence electrons. The molecular weight excluding hydrogens is 254 g/mol. The lowest BCUT2D eigenvalue weighted by Gasteiger charge is -2.21. The van der Waals surface area contributed by atoms with Crippen LogP contribution in [-0.2, 0) is 0 Å². The van der Waals surface area contributed by atoms with Crippen LogP contribution in [0.2, 0.25) is 0 Å². The van der Waals surface area contributed by atoms with Gasteiger partial charge in [-0.05, 0) is 25.0 Å². The lowest BCUT2D eigenvalue weighted by Crippen LogP contribution is -2.35. The fourth-order valence-electron chi connectivity index (χ4n) is 1.85. The summed E-state index contributed by atoms with van der Waals surface area (Å²) in [5, 5.41) is 12.2. The standard InChI is InChI=1S/C15H25N3O2/c1-3-5-10-18(11-12-19)15(20)13-7-6-8-14(17-13)16-9-4-2/h6-8,19H,3-5,9-12H2,1-2H3,(H,16,17). The molecule has 1 amide bonds. The summed E-state index contributed by atoms with van der Waals surface area (Å²) in [4.78, 5) is 18.4. The Bertz CT molecular complexity index is 410. The molecule has 5 nitrogen and oxygen atoms in total. The predicted octanol–water partition coefficient (Wildman–Crippen LogP) is 2.14. The van der Waals surface area contributed by atoms with Crippen molar-refractivity contribution in [3.63, 3.8) is 0 Å². The van der Waals surface area contributed by atoms with E-state index in [9.17, 15) is 4.79 Å². The molecule has 5 heteroatoms. The van der Waals surface area contributed by atoms with E-state index in [1.807, 2.05) is 12.1 Å². The maximum absolute atomic E-state index is 12.4. The first-order chi connectivity index (χ1) is 9.72. The molecule has 0 atom stereocenters. The number of nitrogens with one attached hydrogen (secondary N) is 1. The Balaban J connectivity index is 2.76. The normalized spacial score (nSPS) is 10.3. The number of amides is 1. The Morgan fingerprint density at radius 1 is 1.30 bits per heavy atom. The topological polar surface area (TPSA) is 65.5 Å². The third-order valence-corrected chi connectivity index (χ3v) is 2.96. The molecule has 20 heavy (non-hydrogen) atoms. The Labute approximate surface area is 121 Å². The largest absolute Gasteiger partial charge is 0.395 e. The van der Waals surface area contributed by atoms with E-state index >= 15 is 0 Å². The van der Waals surface area contributed by atoms with Crippen molar-refractivity contribution in [1.82, 2.24) is 9.88 Å². The molecule has 0 aromatic carbocycles. The summed E-state index contributed by atoms with van der Waals surface area (Å²) in [6.45, 7) is 5.98. The number of hydrogen-bond acceptors (Lipinski definition) is 4. The highest BCUT2D eigenvalue weighted by Gasteiger charge is 2.16. The number of carbonyl (C=O) groups is 1. The first kappa shape index (κ1) is 16.4. The van der Waals surface area contributed by atoms with Gasteiger partial charge in [0.1, 0.15) is 11.5 Å². The Hall–Kier alpha value is -1.62. The minimum absolute atomic E-state index is 0.0246. The summed E-state index contributed by atoms with van der Waals surface area (Å²) in [6, 6.07) is 5.40. The molecule has 0 saturated carbocycles. The van der Waals surface area contributed by atoms with Crippen molar-refractivity contribution in [3.05, 3.63) is 23.9 Å². The van der Waals surface area contributed by atoms with E-state index < -0.39 is 0 Å². The first-order valence-corrected chi connectivity index (χ1v) is 7.34. The van der Waals surface area contributed by atoms with Gasteiger partial charge in [-0.25, -0.2) is 4.98 Å². The van der Waals surface area contributed by atoms with Crippen molar-refractivity contribution in [2.24, 2.45) is 0 Å². The van der Waals surface area contributed by atoms with Gasteiger partial charge in [0.15, 0.2) is 0 Å². The molecule has 0 aliphatic rings. The van der Waals surface area contributed by atoms with Gasteiger partial charge in [0.25, 0.3) is 5.91 Å². The molecule has 0 saturated heterocycles. The lowest BCUT2D eigenvalue weighted by molar-refractivity contribution is 0.0713. The Kier molecular flexibility index (Phi) is 7.65. The van der Waals surface area contributed by atoms with Crippen LogP contribution in [0.3, 0.4) is 0 Å². The second-order valence-electron chi connectivity index (χ2n) is 4.70. The van der Waals surface area contributed by atoms with Gasteiger partial charge < -0.3 is 15.3 Å². The third kappa shape index (κ3) is 5.17. The molecule has 1 aromatic heterocycles. The van der Waals surface area contributed by atoms with Crippen LogP contribution < -0.4 is 5.32 Å². The van der Waals surface area contributed by atoms with Crippen molar-refractivity contribution in [2.75, 3.05) is 31.6 Å². The number of aliphatic hydroxyl groups is 1. The summed E-state index contributed by atoms with van der Waals surface area (Å²) in [5.41, 5.74) is 0.427. The molecular formula is C15H25N3O2. The highest BCUT2D eigenvalue weighted by Crippen LogP contribution is 2.08. The quantitative estimate of drug-likeness (QED) is 0.727. The van der Waals surface area contributed by atoms with E-state index in [-0.39, 0.29) is 12.5 Å². The molecule has 0 fully saturated rings. The van der Waals surface area contributed by atoms with Crippen LogP contribution in [0.25, 0.3) is 0 Å². The van der Waals surface area contributed by atoms with Crippen molar-refractivity contribution in [3.8, 4) is 0 Å². The number of aliphatic hydroxyl groups excluding tert-OH is 1. The second-order valence-corrected chi connectivity index (χ2v) is 4.70. The van der Waals surface area contributed by atoms with Crippen molar-refractivity contribution in [2.45, 2.75) is 33.1 Å². The van der Waals surface area contributed by atoms with Gasteiger partial charge in [-0.3, -0.25) is 4.79 Å². The van der Waals surface area contributed by atoms with Gasteiger partial charge in [0.05, 0.1) is 6.61 Å². The molecule has 0 aliphatic carbocycles. The van der Waals surface area contributed by atoms with Crippen LogP contribution >= 0.6 is 0 Å². The molecule has 1 heterocycles. The van der Waals surface area contributed by atoms with E-state index in [1.54, 1.807) is 11.0 Å². The zero-order valence-corrected chi connectivity index (χ0v) is 12.4.